The highest BCUT2D eigenvalue weighted by Gasteiger charge is 2.51. The Balaban J connectivity index is 0.000000261. The normalized spacial score (nSPS) is 22.3. The Hall–Kier alpha value is -3.30. The molecule has 8 atom stereocenters. The number of rotatable bonds is 16. The SMILES string of the molecule is CC[C@@H](CS(=O)(=O)C(C)(C)C)N1C(=O)[C@@H](CC(=O)O)O[C@H](c2cccc(Cl)c2)[C@H]1c1ccc(Cl)s1.CC[C@@H](CS(=O)(=O)C(C)(C)C)N1C(=O)[C@H](CC(=O)O)O[C@H](c2cccc(Cl)c2)[C@H]1c1ccc(Cl)s1. The number of nitrogens with zero attached hydrogens (tertiary/aromatic N) is 2. The van der Waals surface area contributed by atoms with Gasteiger partial charge in [-0.1, -0.05) is 84.5 Å². The van der Waals surface area contributed by atoms with Crippen LogP contribution in [0.4, 0.5) is 0 Å². The van der Waals surface area contributed by atoms with Gasteiger partial charge < -0.3 is 29.5 Å². The van der Waals surface area contributed by atoms with Gasteiger partial charge in [-0.05, 0) is 114 Å². The number of carboxylic acids is 2. The third-order valence-electron chi connectivity index (χ3n) is 12.1. The van der Waals surface area contributed by atoms with E-state index < -0.39 is 114 Å². The predicted octanol–water partition coefficient (Wildman–Crippen LogP) is 11.1. The molecule has 2 aromatic heterocycles. The van der Waals surface area contributed by atoms with Crippen molar-refractivity contribution in [2.45, 2.75) is 139 Å². The smallest absolute Gasteiger partial charge is 0.306 e. The second kappa shape index (κ2) is 23.3. The van der Waals surface area contributed by atoms with Gasteiger partial charge in [-0.25, -0.2) is 16.8 Å². The lowest BCUT2D eigenvalue weighted by Crippen LogP contribution is -2.57. The monoisotopic (exact) mass is 1120 g/mol. The molecule has 0 aliphatic carbocycles. The molecule has 6 rings (SSSR count). The molecule has 4 heterocycles. The van der Waals surface area contributed by atoms with Gasteiger partial charge in [0, 0.05) is 31.9 Å². The lowest BCUT2D eigenvalue weighted by atomic mass is 9.93. The van der Waals surface area contributed by atoms with E-state index in [0.29, 0.717) is 52.4 Å². The summed E-state index contributed by atoms with van der Waals surface area (Å²) < 4.78 is 63.9. The topological polar surface area (TPSA) is 202 Å². The van der Waals surface area contributed by atoms with E-state index in [-0.39, 0.29) is 11.5 Å². The average molecular weight is 1130 g/mol. The Morgan fingerprint density at radius 1 is 0.614 bits per heavy atom. The van der Waals surface area contributed by atoms with Gasteiger partial charge in [0.05, 0.1) is 54.6 Å². The number of hydrogen-bond donors (Lipinski definition) is 2. The van der Waals surface area contributed by atoms with E-state index in [9.17, 15) is 46.2 Å². The standard InChI is InChI=1S/2C24H29Cl2NO6S2/c2*1-5-16(13-35(31,32)24(2,3)4)27-21(18-9-10-19(26)34-18)22(14-7-6-8-15(25)11-14)33-17(23(27)30)12-20(28)29/h2*6-11,16-17,21-22H,5,12-13H2,1-4H3,(H,28,29)/t16-,17+,21+,22+;16-,17-,21+,22+/m00/s1. The molecule has 2 fully saturated rings. The highest BCUT2D eigenvalue weighted by molar-refractivity contribution is 7.93. The van der Waals surface area contributed by atoms with Crippen molar-refractivity contribution in [2.75, 3.05) is 11.5 Å². The number of halogens is 4. The highest BCUT2D eigenvalue weighted by Crippen LogP contribution is 2.49. The molecule has 2 aliphatic rings. The molecule has 2 N–H and O–H groups in total. The van der Waals surface area contributed by atoms with Crippen LogP contribution in [0.1, 0.15) is 126 Å². The summed E-state index contributed by atoms with van der Waals surface area (Å²) in [4.78, 5) is 55.0. The number of hydrogen-bond acceptors (Lipinski definition) is 12. The number of aliphatic carboxylic acids is 2. The number of thiophene rings is 2. The molecule has 0 unspecified atom stereocenters. The zero-order valence-electron chi connectivity index (χ0n) is 39.8. The first-order valence-electron chi connectivity index (χ1n) is 22.3. The molecule has 2 saturated heterocycles. The number of ether oxygens (including phenoxy) is 2. The molecule has 2 amide bonds. The quantitative estimate of drug-likeness (QED) is 0.108. The fourth-order valence-corrected chi connectivity index (χ4v) is 13.7. The summed E-state index contributed by atoms with van der Waals surface area (Å²) in [5, 5.41) is 19.8. The summed E-state index contributed by atoms with van der Waals surface area (Å²) in [6.45, 7) is 13.3. The van der Waals surface area contributed by atoms with Crippen molar-refractivity contribution in [3.63, 3.8) is 0 Å². The number of carboxylic acid groups (broad SMARTS) is 2. The van der Waals surface area contributed by atoms with Crippen LogP contribution in [0.2, 0.25) is 18.7 Å². The first-order valence-corrected chi connectivity index (χ1v) is 28.8. The lowest BCUT2D eigenvalue weighted by Gasteiger charge is -2.47. The van der Waals surface area contributed by atoms with Crippen LogP contribution in [0.15, 0.2) is 72.8 Å². The van der Waals surface area contributed by atoms with Gasteiger partial charge in [0.2, 0.25) is 0 Å². The van der Waals surface area contributed by atoms with Gasteiger partial charge in [-0.3, -0.25) is 19.2 Å². The molecule has 0 saturated carbocycles. The van der Waals surface area contributed by atoms with Crippen molar-refractivity contribution in [3.05, 3.63) is 112 Å². The van der Waals surface area contributed by atoms with E-state index in [1.807, 2.05) is 13.8 Å². The van der Waals surface area contributed by atoms with Crippen molar-refractivity contribution in [1.82, 2.24) is 9.80 Å². The largest absolute Gasteiger partial charge is 0.481 e. The van der Waals surface area contributed by atoms with E-state index in [2.05, 4.69) is 0 Å². The number of amides is 2. The first-order chi connectivity index (χ1) is 32.5. The maximum Gasteiger partial charge on any atom is 0.306 e. The lowest BCUT2D eigenvalue weighted by molar-refractivity contribution is -0.182. The number of morpholine rings is 2. The average Bonchev–Trinajstić information content (AvgIpc) is 3.89. The highest BCUT2D eigenvalue weighted by atomic mass is 35.5. The van der Waals surface area contributed by atoms with Gasteiger partial charge in [0.1, 0.15) is 24.4 Å². The van der Waals surface area contributed by atoms with Crippen LogP contribution in [-0.4, -0.2) is 106 Å². The summed E-state index contributed by atoms with van der Waals surface area (Å²) in [7, 11) is -7.21. The van der Waals surface area contributed by atoms with Crippen LogP contribution in [0.25, 0.3) is 0 Å². The van der Waals surface area contributed by atoms with Crippen LogP contribution in [0.5, 0.6) is 0 Å². The van der Waals surface area contributed by atoms with Crippen molar-refractivity contribution in [3.8, 4) is 0 Å². The number of carbonyl (C=O) groups is 4. The molecule has 2 aromatic carbocycles. The van der Waals surface area contributed by atoms with Gasteiger partial charge in [-0.2, -0.15) is 0 Å². The fraction of sp³-hybridized carbons (Fsp3) is 0.500. The molecule has 0 bridgehead atoms. The minimum Gasteiger partial charge on any atom is -0.481 e. The minimum atomic E-state index is -3.61. The minimum absolute atomic E-state index is 0.267. The Labute approximate surface area is 438 Å². The van der Waals surface area contributed by atoms with Crippen molar-refractivity contribution in [1.29, 1.82) is 0 Å². The molecule has 22 heteroatoms. The Morgan fingerprint density at radius 3 is 1.21 bits per heavy atom. The molecule has 2 aliphatic heterocycles. The summed E-state index contributed by atoms with van der Waals surface area (Å²) in [6.07, 6.45) is -4.53. The van der Waals surface area contributed by atoms with E-state index >= 15 is 0 Å². The van der Waals surface area contributed by atoms with E-state index in [1.165, 1.54) is 32.5 Å². The predicted molar refractivity (Wildman–Crippen MR) is 276 cm³/mol. The Morgan fingerprint density at radius 2 is 0.957 bits per heavy atom. The van der Waals surface area contributed by atoms with Crippen LogP contribution in [-0.2, 0) is 48.3 Å². The van der Waals surface area contributed by atoms with Crippen molar-refractivity contribution < 1.29 is 55.7 Å². The van der Waals surface area contributed by atoms with Crippen LogP contribution in [0, 0.1) is 0 Å². The maximum atomic E-state index is 13.7. The number of sulfone groups is 2. The third kappa shape index (κ3) is 13.6. The fourth-order valence-electron chi connectivity index (χ4n) is 8.15. The number of benzene rings is 2. The zero-order chi connectivity index (χ0) is 52.3. The van der Waals surface area contributed by atoms with Gasteiger partial charge in [0.25, 0.3) is 11.8 Å². The molecular formula is C48H58Cl4N2O12S4. The number of carbonyl (C=O) groups excluding carboxylic acids is 2. The molecule has 0 radical (unpaired) electrons. The molecule has 384 valence electrons. The Bertz CT molecular complexity index is 2570. The van der Waals surface area contributed by atoms with Gasteiger partial charge in [0.15, 0.2) is 19.7 Å². The van der Waals surface area contributed by atoms with Gasteiger partial charge in [-0.15, -0.1) is 22.7 Å². The summed E-state index contributed by atoms with van der Waals surface area (Å²) in [5.41, 5.74) is 1.29. The summed E-state index contributed by atoms with van der Waals surface area (Å²) >= 11 is 27.5. The molecular weight excluding hydrogens is 1070 g/mol. The van der Waals surface area contributed by atoms with E-state index in [0.717, 1.165) is 0 Å². The second-order valence-corrected chi connectivity index (χ2v) is 28.9. The molecule has 70 heavy (non-hydrogen) atoms. The summed E-state index contributed by atoms with van der Waals surface area (Å²) in [5.74, 6) is -4.04. The van der Waals surface area contributed by atoms with Crippen LogP contribution in [0.3, 0.4) is 0 Å². The zero-order valence-corrected chi connectivity index (χ0v) is 46.1. The van der Waals surface area contributed by atoms with E-state index in [4.69, 9.17) is 55.9 Å². The molecule has 0 spiro atoms. The second-order valence-electron chi connectivity index (χ2n) is 19.0. The first kappa shape index (κ1) is 57.6. The van der Waals surface area contributed by atoms with Gasteiger partial charge >= 0.3 is 11.9 Å². The van der Waals surface area contributed by atoms with Crippen LogP contribution < -0.4 is 0 Å². The Kier molecular flexibility index (Phi) is 19.2. The van der Waals surface area contributed by atoms with E-state index in [1.54, 1.807) is 114 Å². The van der Waals surface area contributed by atoms with Crippen LogP contribution >= 0.6 is 69.1 Å². The maximum absolute atomic E-state index is 13.7. The molecule has 4 aromatic rings. The summed E-state index contributed by atoms with van der Waals surface area (Å²) in [6, 6.07) is 18.0. The molecule has 14 nitrogen and oxygen atoms in total. The third-order valence-corrected chi connectivity index (χ3v) is 20.6. The van der Waals surface area contributed by atoms with Crippen molar-refractivity contribution in [2.24, 2.45) is 0 Å². The van der Waals surface area contributed by atoms with Crippen molar-refractivity contribution >= 4 is 113 Å².